The van der Waals surface area contributed by atoms with E-state index in [1.54, 1.807) is 24.3 Å². The average Bonchev–Trinajstić information content (AvgIpc) is 2.48. The Morgan fingerprint density at radius 3 is 2.21 bits per heavy atom. The summed E-state index contributed by atoms with van der Waals surface area (Å²) in [5.41, 5.74) is 3.80. The van der Waals surface area contributed by atoms with Crippen molar-refractivity contribution in [3.8, 4) is 0 Å². The Kier molecular flexibility index (Phi) is 5.29. The van der Waals surface area contributed by atoms with Gasteiger partial charge in [0.15, 0.2) is 0 Å². The molecular weight excluding hydrogens is 324 g/mol. The van der Waals surface area contributed by atoms with Crippen LogP contribution in [0, 0.1) is 6.92 Å². The first-order chi connectivity index (χ1) is 11.2. The molecule has 1 amide bonds. The van der Waals surface area contributed by atoms with Crippen molar-refractivity contribution in [2.24, 2.45) is 0 Å². The maximum absolute atomic E-state index is 12.5. The molecule has 0 radical (unpaired) electrons. The molecule has 2 rings (SSSR count). The van der Waals surface area contributed by atoms with Crippen molar-refractivity contribution in [1.82, 2.24) is 0 Å². The van der Waals surface area contributed by atoms with Crippen LogP contribution < -0.4 is 10.0 Å². The van der Waals surface area contributed by atoms with Gasteiger partial charge in [-0.15, -0.1) is 0 Å². The molecule has 2 aromatic rings. The molecule has 24 heavy (non-hydrogen) atoms. The van der Waals surface area contributed by atoms with Gasteiger partial charge in [-0.1, -0.05) is 32.0 Å². The third-order valence-electron chi connectivity index (χ3n) is 3.62. The number of carbonyl (C=O) groups is 1. The van der Waals surface area contributed by atoms with Gasteiger partial charge in [0.1, 0.15) is 0 Å². The minimum atomic E-state index is -3.33. The van der Waals surface area contributed by atoms with Gasteiger partial charge in [-0.05, 0) is 48.2 Å². The van der Waals surface area contributed by atoms with Crippen molar-refractivity contribution in [3.05, 3.63) is 59.2 Å². The predicted molar refractivity (Wildman–Crippen MR) is 98.1 cm³/mol. The number of carbonyl (C=O) groups excluding carboxylic acids is 1. The summed E-state index contributed by atoms with van der Waals surface area (Å²) in [6, 6.07) is 12.3. The summed E-state index contributed by atoms with van der Waals surface area (Å²) in [4.78, 5) is 12.5. The molecule has 0 saturated heterocycles. The van der Waals surface area contributed by atoms with E-state index < -0.39 is 10.0 Å². The lowest BCUT2D eigenvalue weighted by Crippen LogP contribution is -2.15. The van der Waals surface area contributed by atoms with E-state index in [1.165, 1.54) is 0 Å². The van der Waals surface area contributed by atoms with E-state index in [-0.39, 0.29) is 5.91 Å². The molecule has 5 nitrogen and oxygen atoms in total. The smallest absolute Gasteiger partial charge is 0.255 e. The predicted octanol–water partition coefficient (Wildman–Crippen LogP) is 3.74. The highest BCUT2D eigenvalue weighted by atomic mass is 32.2. The molecule has 0 fully saturated rings. The zero-order valence-electron chi connectivity index (χ0n) is 14.3. The number of hydrogen-bond acceptors (Lipinski definition) is 3. The summed E-state index contributed by atoms with van der Waals surface area (Å²) in [6.45, 7) is 6.12. The highest BCUT2D eigenvalue weighted by molar-refractivity contribution is 7.92. The molecule has 2 N–H and O–H groups in total. The molecule has 0 bridgehead atoms. The maximum Gasteiger partial charge on any atom is 0.255 e. The molecule has 0 atom stereocenters. The molecule has 6 heteroatoms. The second kappa shape index (κ2) is 7.05. The normalized spacial score (nSPS) is 11.4. The molecule has 0 aliphatic heterocycles. The van der Waals surface area contributed by atoms with Crippen molar-refractivity contribution >= 4 is 27.3 Å². The summed E-state index contributed by atoms with van der Waals surface area (Å²) < 4.78 is 24.8. The van der Waals surface area contributed by atoms with Gasteiger partial charge in [-0.3, -0.25) is 9.52 Å². The Labute approximate surface area is 143 Å². The van der Waals surface area contributed by atoms with Crippen molar-refractivity contribution in [2.75, 3.05) is 16.3 Å². The SMILES string of the molecule is Cc1cccc(C(C)C)c1NC(=O)c1ccc(NS(C)(=O)=O)cc1. The fourth-order valence-corrected chi connectivity index (χ4v) is 3.00. The van der Waals surface area contributed by atoms with Crippen LogP contribution in [0.4, 0.5) is 11.4 Å². The standard InChI is InChI=1S/C18H22N2O3S/c1-12(2)16-7-5-6-13(3)17(16)19-18(21)14-8-10-15(11-9-14)20-24(4,22)23/h5-12,20H,1-4H3,(H,19,21). The maximum atomic E-state index is 12.5. The number of benzene rings is 2. The molecule has 0 aliphatic carbocycles. The molecule has 0 heterocycles. The van der Waals surface area contributed by atoms with E-state index in [9.17, 15) is 13.2 Å². The minimum Gasteiger partial charge on any atom is -0.321 e. The molecule has 128 valence electrons. The Bertz CT molecular complexity index is 841. The lowest BCUT2D eigenvalue weighted by Gasteiger charge is -2.16. The number of aryl methyl sites for hydroxylation is 1. The van der Waals surface area contributed by atoms with E-state index in [0.29, 0.717) is 17.2 Å². The van der Waals surface area contributed by atoms with Gasteiger partial charge in [0, 0.05) is 16.9 Å². The summed E-state index contributed by atoms with van der Waals surface area (Å²) in [6.07, 6.45) is 1.08. The molecule has 0 aliphatic rings. The van der Waals surface area contributed by atoms with E-state index in [1.807, 2.05) is 25.1 Å². The Morgan fingerprint density at radius 1 is 1.04 bits per heavy atom. The van der Waals surface area contributed by atoms with Crippen molar-refractivity contribution in [1.29, 1.82) is 0 Å². The summed E-state index contributed by atoms with van der Waals surface area (Å²) >= 11 is 0. The van der Waals surface area contributed by atoms with Gasteiger partial charge in [0.2, 0.25) is 10.0 Å². The third-order valence-corrected chi connectivity index (χ3v) is 4.22. The largest absolute Gasteiger partial charge is 0.321 e. The van der Waals surface area contributed by atoms with Gasteiger partial charge in [0.05, 0.1) is 6.26 Å². The number of anilines is 2. The van der Waals surface area contributed by atoms with Gasteiger partial charge in [-0.2, -0.15) is 0 Å². The summed E-state index contributed by atoms with van der Waals surface area (Å²) in [5, 5.41) is 2.97. The monoisotopic (exact) mass is 346 g/mol. The van der Waals surface area contributed by atoms with E-state index in [0.717, 1.165) is 23.1 Å². The molecule has 0 aromatic heterocycles. The second-order valence-electron chi connectivity index (χ2n) is 6.10. The van der Waals surface area contributed by atoms with Crippen LogP contribution >= 0.6 is 0 Å². The van der Waals surface area contributed by atoms with Crippen LogP contribution in [0.3, 0.4) is 0 Å². The van der Waals surface area contributed by atoms with Crippen LogP contribution in [0.2, 0.25) is 0 Å². The zero-order chi connectivity index (χ0) is 17.9. The zero-order valence-corrected chi connectivity index (χ0v) is 15.1. The van der Waals surface area contributed by atoms with E-state index in [2.05, 4.69) is 23.9 Å². The van der Waals surface area contributed by atoms with Crippen LogP contribution in [-0.2, 0) is 10.0 Å². The number of para-hydroxylation sites is 1. The molecule has 0 spiro atoms. The lowest BCUT2D eigenvalue weighted by molar-refractivity contribution is 0.102. The Hall–Kier alpha value is -2.34. The quantitative estimate of drug-likeness (QED) is 0.866. The van der Waals surface area contributed by atoms with Crippen LogP contribution in [0.5, 0.6) is 0 Å². The molecule has 0 unspecified atom stereocenters. The van der Waals surface area contributed by atoms with Crippen LogP contribution in [0.1, 0.15) is 41.3 Å². The lowest BCUT2D eigenvalue weighted by atomic mass is 9.98. The van der Waals surface area contributed by atoms with Gasteiger partial charge >= 0.3 is 0 Å². The molecule has 0 saturated carbocycles. The van der Waals surface area contributed by atoms with Crippen molar-refractivity contribution in [3.63, 3.8) is 0 Å². The highest BCUT2D eigenvalue weighted by Crippen LogP contribution is 2.28. The Morgan fingerprint density at radius 2 is 1.67 bits per heavy atom. The average molecular weight is 346 g/mol. The number of nitrogens with one attached hydrogen (secondary N) is 2. The minimum absolute atomic E-state index is 0.225. The first-order valence-corrected chi connectivity index (χ1v) is 9.55. The Balaban J connectivity index is 2.22. The van der Waals surface area contributed by atoms with Crippen LogP contribution in [0.15, 0.2) is 42.5 Å². The number of rotatable bonds is 5. The molecular formula is C18H22N2O3S. The number of amides is 1. The fraction of sp³-hybridized carbons (Fsp3) is 0.278. The molecule has 2 aromatic carbocycles. The van der Waals surface area contributed by atoms with Crippen LogP contribution in [0.25, 0.3) is 0 Å². The van der Waals surface area contributed by atoms with Crippen LogP contribution in [-0.4, -0.2) is 20.6 Å². The topological polar surface area (TPSA) is 75.3 Å². The summed E-state index contributed by atoms with van der Waals surface area (Å²) in [5.74, 6) is 0.0682. The fourth-order valence-electron chi connectivity index (χ4n) is 2.43. The summed E-state index contributed by atoms with van der Waals surface area (Å²) in [7, 11) is -3.33. The van der Waals surface area contributed by atoms with Gasteiger partial charge in [0.25, 0.3) is 5.91 Å². The van der Waals surface area contributed by atoms with Crippen molar-refractivity contribution in [2.45, 2.75) is 26.7 Å². The number of sulfonamides is 1. The third kappa shape index (κ3) is 4.58. The van der Waals surface area contributed by atoms with E-state index >= 15 is 0 Å². The second-order valence-corrected chi connectivity index (χ2v) is 7.85. The first kappa shape index (κ1) is 18.0. The van der Waals surface area contributed by atoms with Gasteiger partial charge in [-0.25, -0.2) is 8.42 Å². The van der Waals surface area contributed by atoms with E-state index in [4.69, 9.17) is 0 Å². The van der Waals surface area contributed by atoms with Gasteiger partial charge < -0.3 is 5.32 Å². The first-order valence-electron chi connectivity index (χ1n) is 7.66. The van der Waals surface area contributed by atoms with Crippen molar-refractivity contribution < 1.29 is 13.2 Å². The number of hydrogen-bond donors (Lipinski definition) is 2. The highest BCUT2D eigenvalue weighted by Gasteiger charge is 2.13.